The lowest BCUT2D eigenvalue weighted by atomic mass is 10.1. The lowest BCUT2D eigenvalue weighted by Gasteiger charge is -2.03. The van der Waals surface area contributed by atoms with E-state index in [-0.39, 0.29) is 6.61 Å². The van der Waals surface area contributed by atoms with Crippen LogP contribution < -0.4 is 5.32 Å². The number of anilines is 1. The Morgan fingerprint density at radius 1 is 1.40 bits per heavy atom. The second-order valence-corrected chi connectivity index (χ2v) is 3.87. The van der Waals surface area contributed by atoms with E-state index in [0.717, 1.165) is 18.4 Å². The molecule has 3 N–H and O–H groups in total. The zero-order chi connectivity index (χ0) is 10.8. The van der Waals surface area contributed by atoms with E-state index in [0.29, 0.717) is 11.6 Å². The second kappa shape index (κ2) is 3.90. The molecule has 4 heteroatoms. The van der Waals surface area contributed by atoms with Gasteiger partial charge in [-0.05, 0) is 42.0 Å². The Bertz CT molecular complexity index is 389. The van der Waals surface area contributed by atoms with Crippen LogP contribution in [0.4, 0.5) is 10.5 Å². The van der Waals surface area contributed by atoms with Gasteiger partial charge in [-0.3, -0.25) is 5.32 Å². The summed E-state index contributed by atoms with van der Waals surface area (Å²) in [6, 6.07) is 5.53. The molecule has 1 aromatic rings. The number of carbonyl (C=O) groups is 1. The third kappa shape index (κ3) is 2.10. The van der Waals surface area contributed by atoms with Crippen molar-refractivity contribution in [2.24, 2.45) is 5.92 Å². The summed E-state index contributed by atoms with van der Waals surface area (Å²) in [5.74, 6) is 0.292. The van der Waals surface area contributed by atoms with Crippen LogP contribution in [0.1, 0.15) is 11.1 Å². The summed E-state index contributed by atoms with van der Waals surface area (Å²) in [6.07, 6.45) is 0.673. The summed E-state index contributed by atoms with van der Waals surface area (Å²) in [4.78, 5) is 10.4. The van der Waals surface area contributed by atoms with Crippen molar-refractivity contribution >= 4 is 11.8 Å². The van der Waals surface area contributed by atoms with Crippen molar-refractivity contribution in [2.45, 2.75) is 12.8 Å². The summed E-state index contributed by atoms with van der Waals surface area (Å²) in [5, 5.41) is 19.9. The van der Waals surface area contributed by atoms with Crippen molar-refractivity contribution in [1.82, 2.24) is 0 Å². The van der Waals surface area contributed by atoms with Gasteiger partial charge in [-0.1, -0.05) is 6.07 Å². The number of rotatable bonds is 2. The molecule has 0 spiro atoms. The largest absolute Gasteiger partial charge is 0.465 e. The Labute approximate surface area is 87.6 Å². The second-order valence-electron chi connectivity index (χ2n) is 3.87. The summed E-state index contributed by atoms with van der Waals surface area (Å²) < 4.78 is 0. The zero-order valence-electron chi connectivity index (χ0n) is 8.23. The van der Waals surface area contributed by atoms with E-state index in [2.05, 4.69) is 5.32 Å². The van der Waals surface area contributed by atoms with Gasteiger partial charge in [0.05, 0.1) is 0 Å². The third-order valence-corrected chi connectivity index (χ3v) is 2.73. The molecule has 80 valence electrons. The molecule has 1 aliphatic rings. The lowest BCUT2D eigenvalue weighted by molar-refractivity contribution is 0.209. The normalized spacial score (nSPS) is 18.6. The molecule has 0 heterocycles. The van der Waals surface area contributed by atoms with Gasteiger partial charge >= 0.3 is 6.09 Å². The topological polar surface area (TPSA) is 69.6 Å². The highest BCUT2D eigenvalue weighted by Crippen LogP contribution is 2.28. The van der Waals surface area contributed by atoms with Gasteiger partial charge in [0, 0.05) is 12.3 Å². The molecule has 0 saturated heterocycles. The summed E-state index contributed by atoms with van der Waals surface area (Å²) in [5.41, 5.74) is 2.95. The number of nitrogens with one attached hydrogen (secondary N) is 1. The van der Waals surface area contributed by atoms with Crippen LogP contribution in [-0.4, -0.2) is 22.9 Å². The van der Waals surface area contributed by atoms with Crippen LogP contribution in [0.2, 0.25) is 0 Å². The molecular formula is C11H13NO3. The molecule has 1 amide bonds. The van der Waals surface area contributed by atoms with E-state index in [9.17, 15) is 4.79 Å². The van der Waals surface area contributed by atoms with Crippen molar-refractivity contribution in [3.63, 3.8) is 0 Å². The first-order valence-corrected chi connectivity index (χ1v) is 4.91. The number of aliphatic hydroxyl groups is 1. The minimum Gasteiger partial charge on any atom is -0.465 e. The maximum absolute atomic E-state index is 10.4. The molecular weight excluding hydrogens is 194 g/mol. The molecule has 0 aliphatic heterocycles. The highest BCUT2D eigenvalue weighted by molar-refractivity contribution is 5.83. The van der Waals surface area contributed by atoms with Crippen molar-refractivity contribution in [2.75, 3.05) is 11.9 Å². The fourth-order valence-corrected chi connectivity index (χ4v) is 2.04. The average molecular weight is 207 g/mol. The average Bonchev–Trinajstić information content (AvgIpc) is 2.58. The fraction of sp³-hybridized carbons (Fsp3) is 0.364. The van der Waals surface area contributed by atoms with Crippen LogP contribution >= 0.6 is 0 Å². The molecule has 15 heavy (non-hydrogen) atoms. The summed E-state index contributed by atoms with van der Waals surface area (Å²) in [6.45, 7) is 0.191. The SMILES string of the molecule is O=C(O)Nc1ccc2c(c1)C[C@@H](CO)C2. The van der Waals surface area contributed by atoms with Crippen LogP contribution in [0.15, 0.2) is 18.2 Å². The number of fused-ring (bicyclic) bond motifs is 1. The molecule has 1 atom stereocenters. The molecule has 0 bridgehead atoms. The number of hydrogen-bond donors (Lipinski definition) is 3. The number of carboxylic acid groups (broad SMARTS) is 1. The van der Waals surface area contributed by atoms with Gasteiger partial charge in [0.15, 0.2) is 0 Å². The first-order valence-electron chi connectivity index (χ1n) is 4.91. The molecule has 0 radical (unpaired) electrons. The van der Waals surface area contributed by atoms with Gasteiger partial charge < -0.3 is 10.2 Å². The van der Waals surface area contributed by atoms with E-state index in [4.69, 9.17) is 10.2 Å². The monoisotopic (exact) mass is 207 g/mol. The van der Waals surface area contributed by atoms with Gasteiger partial charge in [-0.15, -0.1) is 0 Å². The minimum atomic E-state index is -1.05. The number of hydrogen-bond acceptors (Lipinski definition) is 2. The Kier molecular flexibility index (Phi) is 2.60. The Balaban J connectivity index is 2.18. The van der Waals surface area contributed by atoms with Crippen LogP contribution in [0.5, 0.6) is 0 Å². The van der Waals surface area contributed by atoms with Gasteiger partial charge in [0.1, 0.15) is 0 Å². The Morgan fingerprint density at radius 3 is 2.80 bits per heavy atom. The smallest absolute Gasteiger partial charge is 0.409 e. The number of aliphatic hydroxyl groups excluding tert-OH is 1. The maximum Gasteiger partial charge on any atom is 0.409 e. The van der Waals surface area contributed by atoms with E-state index in [1.54, 1.807) is 6.07 Å². The summed E-state index contributed by atoms with van der Waals surface area (Å²) >= 11 is 0. The zero-order valence-corrected chi connectivity index (χ0v) is 8.23. The first kappa shape index (κ1) is 9.98. The quantitative estimate of drug-likeness (QED) is 0.688. The fourth-order valence-electron chi connectivity index (χ4n) is 2.04. The van der Waals surface area contributed by atoms with Gasteiger partial charge in [-0.25, -0.2) is 4.79 Å². The highest BCUT2D eigenvalue weighted by atomic mass is 16.4. The first-order chi connectivity index (χ1) is 7.19. The van der Waals surface area contributed by atoms with E-state index >= 15 is 0 Å². The maximum atomic E-state index is 10.4. The molecule has 0 unspecified atom stereocenters. The van der Waals surface area contributed by atoms with Gasteiger partial charge in [0.25, 0.3) is 0 Å². The standard InChI is InChI=1S/C11H13NO3/c13-6-7-3-8-1-2-10(12-11(14)15)5-9(8)4-7/h1-2,5,7,12-13H,3-4,6H2,(H,14,15)/t7-/m0/s1. The van der Waals surface area contributed by atoms with Crippen molar-refractivity contribution in [1.29, 1.82) is 0 Å². The van der Waals surface area contributed by atoms with Gasteiger partial charge in [-0.2, -0.15) is 0 Å². The van der Waals surface area contributed by atoms with Crippen LogP contribution in [0.25, 0.3) is 0 Å². The van der Waals surface area contributed by atoms with E-state index in [1.807, 2.05) is 12.1 Å². The molecule has 0 fully saturated rings. The molecule has 1 aliphatic carbocycles. The van der Waals surface area contributed by atoms with Crippen molar-refractivity contribution in [3.05, 3.63) is 29.3 Å². The summed E-state index contributed by atoms with van der Waals surface area (Å²) in [7, 11) is 0. The predicted octanol–water partition coefficient (Wildman–Crippen LogP) is 1.48. The van der Waals surface area contributed by atoms with Crippen molar-refractivity contribution < 1.29 is 15.0 Å². The minimum absolute atomic E-state index is 0.191. The molecule has 0 aromatic heterocycles. The molecule has 2 rings (SSSR count). The number of benzene rings is 1. The Morgan fingerprint density at radius 2 is 2.13 bits per heavy atom. The molecule has 4 nitrogen and oxygen atoms in total. The number of amides is 1. The lowest BCUT2D eigenvalue weighted by Crippen LogP contribution is -2.07. The predicted molar refractivity (Wildman–Crippen MR) is 56.1 cm³/mol. The van der Waals surface area contributed by atoms with Crippen LogP contribution in [0.3, 0.4) is 0 Å². The van der Waals surface area contributed by atoms with Crippen LogP contribution in [-0.2, 0) is 12.8 Å². The van der Waals surface area contributed by atoms with E-state index in [1.165, 1.54) is 5.56 Å². The Hall–Kier alpha value is -1.55. The molecule has 0 saturated carbocycles. The van der Waals surface area contributed by atoms with Crippen molar-refractivity contribution in [3.8, 4) is 0 Å². The highest BCUT2D eigenvalue weighted by Gasteiger charge is 2.20. The van der Waals surface area contributed by atoms with Gasteiger partial charge in [0.2, 0.25) is 0 Å². The third-order valence-electron chi connectivity index (χ3n) is 2.73. The molecule has 1 aromatic carbocycles. The van der Waals surface area contributed by atoms with Crippen LogP contribution in [0, 0.1) is 5.92 Å². The van der Waals surface area contributed by atoms with E-state index < -0.39 is 6.09 Å².